The molecule has 29 heavy (non-hydrogen) atoms. The zero-order valence-electron chi connectivity index (χ0n) is 17.4. The predicted octanol–water partition coefficient (Wildman–Crippen LogP) is 1.23. The van der Waals surface area contributed by atoms with E-state index in [0.717, 1.165) is 12.8 Å². The van der Waals surface area contributed by atoms with E-state index in [-0.39, 0.29) is 50.7 Å². The summed E-state index contributed by atoms with van der Waals surface area (Å²) in [5, 5.41) is 0. The fourth-order valence-electron chi connectivity index (χ4n) is 3.18. The van der Waals surface area contributed by atoms with Crippen molar-refractivity contribution in [2.45, 2.75) is 40.5 Å². The van der Waals surface area contributed by atoms with E-state index in [9.17, 15) is 0 Å². The number of allylic oxidation sites excluding steroid dienone is 8. The van der Waals surface area contributed by atoms with Crippen molar-refractivity contribution in [3.8, 4) is 0 Å². The van der Waals surface area contributed by atoms with E-state index in [1.165, 1.54) is 44.6 Å². The van der Waals surface area contributed by atoms with Crippen LogP contribution >= 0.6 is 0 Å². The maximum atomic E-state index is 3.42. The standard InChI is InChI=1S/2C13H13.2ClH.Hf/c2*1-10-8-13(9-11(10)2)12-6-4-3-5-7-12;;;/h2*3-7H,8H2,1-2H3;2*1H;/q2*-1;;;+4/p-2. The SMILES string of the molecule is CC1=C(C)CC(c2ccccc2)=[C-]1.CC1=C(C)CC(c2ccccc2)=[C-]1.[Cl-].[Cl-].[Hf+4]. The smallest absolute Gasteiger partial charge is 1.00 e. The van der Waals surface area contributed by atoms with Crippen molar-refractivity contribution in [3.63, 3.8) is 0 Å². The Bertz CT molecular complexity index is 827. The molecule has 0 fully saturated rings. The number of rotatable bonds is 2. The number of hydrogen-bond acceptors (Lipinski definition) is 0. The fourth-order valence-corrected chi connectivity index (χ4v) is 3.18. The van der Waals surface area contributed by atoms with Gasteiger partial charge in [-0.05, 0) is 0 Å². The van der Waals surface area contributed by atoms with E-state index in [0.29, 0.717) is 0 Å². The summed E-state index contributed by atoms with van der Waals surface area (Å²) in [5.74, 6) is 0. The summed E-state index contributed by atoms with van der Waals surface area (Å²) < 4.78 is 0. The van der Waals surface area contributed by atoms with Crippen molar-refractivity contribution in [1.29, 1.82) is 0 Å². The van der Waals surface area contributed by atoms with Gasteiger partial charge in [-0.25, -0.2) is 0 Å². The second-order valence-electron chi connectivity index (χ2n) is 7.10. The molecule has 0 N–H and O–H groups in total. The molecule has 2 aromatic rings. The second kappa shape index (κ2) is 13.2. The van der Waals surface area contributed by atoms with Crippen molar-refractivity contribution in [3.05, 3.63) is 106 Å². The molecular formula is C26H26Cl2Hf. The molecule has 0 amide bonds. The third-order valence-electron chi connectivity index (χ3n) is 5.09. The Morgan fingerprint density at radius 3 is 1.10 bits per heavy atom. The Balaban J connectivity index is 0.000000490. The van der Waals surface area contributed by atoms with Crippen LogP contribution in [-0.2, 0) is 25.8 Å². The number of halogens is 2. The third-order valence-corrected chi connectivity index (χ3v) is 5.09. The second-order valence-corrected chi connectivity index (χ2v) is 7.10. The molecule has 0 radical (unpaired) electrons. The van der Waals surface area contributed by atoms with Crippen LogP contribution in [0.4, 0.5) is 0 Å². The Labute approximate surface area is 207 Å². The summed E-state index contributed by atoms with van der Waals surface area (Å²) in [5.41, 5.74) is 10.8. The van der Waals surface area contributed by atoms with Crippen LogP contribution in [0.25, 0.3) is 11.1 Å². The van der Waals surface area contributed by atoms with E-state index in [2.05, 4.69) is 88.4 Å². The van der Waals surface area contributed by atoms with Crippen LogP contribution in [0.15, 0.2) is 83.0 Å². The molecule has 0 bridgehead atoms. The van der Waals surface area contributed by atoms with Crippen LogP contribution in [0.2, 0.25) is 0 Å². The molecule has 3 heteroatoms. The van der Waals surface area contributed by atoms with Crippen molar-refractivity contribution in [1.82, 2.24) is 0 Å². The van der Waals surface area contributed by atoms with Crippen LogP contribution in [0.5, 0.6) is 0 Å². The fraction of sp³-hybridized carbons (Fsp3) is 0.231. The van der Waals surface area contributed by atoms with Crippen LogP contribution < -0.4 is 24.8 Å². The van der Waals surface area contributed by atoms with Crippen LogP contribution in [-0.4, -0.2) is 0 Å². The molecule has 0 nitrogen and oxygen atoms in total. The van der Waals surface area contributed by atoms with Gasteiger partial charge in [0, 0.05) is 0 Å². The van der Waals surface area contributed by atoms with Gasteiger partial charge in [-0.3, -0.25) is 0 Å². The number of hydrogen-bond donors (Lipinski definition) is 0. The van der Waals surface area contributed by atoms with Crippen LogP contribution in [0.3, 0.4) is 0 Å². The van der Waals surface area contributed by atoms with Crippen molar-refractivity contribution < 1.29 is 50.7 Å². The van der Waals surface area contributed by atoms with E-state index < -0.39 is 0 Å². The van der Waals surface area contributed by atoms with Crippen LogP contribution in [0.1, 0.15) is 51.7 Å². The molecule has 0 spiro atoms. The molecule has 0 unspecified atom stereocenters. The molecule has 148 valence electrons. The van der Waals surface area contributed by atoms with Gasteiger partial charge in [-0.15, -0.1) is 35.4 Å². The van der Waals surface area contributed by atoms with E-state index >= 15 is 0 Å². The van der Waals surface area contributed by atoms with Crippen molar-refractivity contribution in [2.24, 2.45) is 0 Å². The molecule has 0 aliphatic heterocycles. The normalized spacial score (nSPS) is 14.6. The summed E-state index contributed by atoms with van der Waals surface area (Å²) >= 11 is 0. The van der Waals surface area contributed by atoms with Gasteiger partial charge in [0.15, 0.2) is 0 Å². The van der Waals surface area contributed by atoms with Gasteiger partial charge >= 0.3 is 25.8 Å². The van der Waals surface area contributed by atoms with Gasteiger partial charge in [0.1, 0.15) is 0 Å². The molecule has 0 saturated heterocycles. The average molecular weight is 588 g/mol. The number of benzene rings is 2. The summed E-state index contributed by atoms with van der Waals surface area (Å²) in [6.45, 7) is 8.62. The van der Waals surface area contributed by atoms with E-state index in [4.69, 9.17) is 0 Å². The quantitative estimate of drug-likeness (QED) is 0.367. The molecule has 2 aromatic carbocycles. The van der Waals surface area contributed by atoms with Crippen LogP contribution in [0, 0.1) is 12.2 Å². The molecule has 0 heterocycles. The molecule has 2 aliphatic rings. The Kier molecular flexibility index (Phi) is 12.7. The maximum Gasteiger partial charge on any atom is 4.00 e. The minimum atomic E-state index is 0. The zero-order chi connectivity index (χ0) is 18.5. The molecule has 0 atom stereocenters. The van der Waals surface area contributed by atoms with Gasteiger partial charge in [0.05, 0.1) is 0 Å². The predicted molar refractivity (Wildman–Crippen MR) is 112 cm³/mol. The zero-order valence-corrected chi connectivity index (χ0v) is 22.5. The maximum absolute atomic E-state index is 3.42. The largest absolute Gasteiger partial charge is 4.00 e. The Hall–Kier alpha value is -1.15. The minimum Gasteiger partial charge on any atom is -1.00 e. The summed E-state index contributed by atoms with van der Waals surface area (Å²) in [6.07, 6.45) is 8.96. The minimum absolute atomic E-state index is 0. The average Bonchev–Trinajstić information content (AvgIpc) is 3.19. The van der Waals surface area contributed by atoms with Gasteiger partial charge in [-0.1, -0.05) is 76.9 Å². The van der Waals surface area contributed by atoms with Gasteiger partial charge in [0.25, 0.3) is 0 Å². The van der Waals surface area contributed by atoms with Gasteiger partial charge in [-0.2, -0.15) is 45.6 Å². The van der Waals surface area contributed by atoms with E-state index in [1.54, 1.807) is 0 Å². The summed E-state index contributed by atoms with van der Waals surface area (Å²) in [4.78, 5) is 0. The Morgan fingerprint density at radius 1 is 0.552 bits per heavy atom. The first-order chi connectivity index (χ1) is 12.5. The molecular weight excluding hydrogens is 562 g/mol. The van der Waals surface area contributed by atoms with Gasteiger partial charge < -0.3 is 24.8 Å². The summed E-state index contributed by atoms with van der Waals surface area (Å²) in [6, 6.07) is 21.0. The van der Waals surface area contributed by atoms with Crippen molar-refractivity contribution in [2.75, 3.05) is 0 Å². The first kappa shape index (κ1) is 27.9. The Morgan fingerprint density at radius 2 is 0.862 bits per heavy atom. The van der Waals surface area contributed by atoms with E-state index in [1.807, 2.05) is 12.1 Å². The third kappa shape index (κ3) is 7.55. The topological polar surface area (TPSA) is 0 Å². The van der Waals surface area contributed by atoms with Crippen molar-refractivity contribution >= 4 is 11.1 Å². The summed E-state index contributed by atoms with van der Waals surface area (Å²) in [7, 11) is 0. The monoisotopic (exact) mass is 588 g/mol. The van der Waals surface area contributed by atoms with Gasteiger partial charge in [0.2, 0.25) is 0 Å². The molecule has 2 aliphatic carbocycles. The first-order valence-electron chi connectivity index (χ1n) is 9.24. The molecule has 0 saturated carbocycles. The molecule has 4 rings (SSSR count). The molecule has 0 aromatic heterocycles. The first-order valence-corrected chi connectivity index (χ1v) is 9.24.